The fraction of sp³-hybridized carbons (Fsp3) is 0.381. The second-order valence-corrected chi connectivity index (χ2v) is 8.51. The minimum atomic E-state index is 0.252. The molecule has 2 aromatic heterocycles. The summed E-state index contributed by atoms with van der Waals surface area (Å²) in [6.45, 7) is 6.10. The standard InChI is InChI=1S/C21H27ClN6S/c1-15(2)10-18(13-24-12-16-4-6-17(22)7-5-16)25-19-11-20(27-21(26-19)29-3)28-9-8-23-14-28/h4-9,11,14-15,18,24H,10,12-13H2,1-3H3,(H,25,26,27)/t18-/m1/s1. The van der Waals surface area contributed by atoms with Gasteiger partial charge in [0.2, 0.25) is 0 Å². The van der Waals surface area contributed by atoms with Crippen molar-refractivity contribution in [2.75, 3.05) is 18.1 Å². The van der Waals surface area contributed by atoms with Crippen molar-refractivity contribution in [2.45, 2.75) is 38.0 Å². The third kappa shape index (κ3) is 6.73. The maximum absolute atomic E-state index is 5.97. The van der Waals surface area contributed by atoms with Gasteiger partial charge in [0.05, 0.1) is 0 Å². The van der Waals surface area contributed by atoms with Crippen molar-refractivity contribution in [3.05, 3.63) is 59.6 Å². The van der Waals surface area contributed by atoms with E-state index in [0.29, 0.717) is 5.92 Å². The summed E-state index contributed by atoms with van der Waals surface area (Å²) in [5.41, 5.74) is 1.21. The van der Waals surface area contributed by atoms with Gasteiger partial charge in [-0.2, -0.15) is 0 Å². The number of hydrogen-bond acceptors (Lipinski definition) is 6. The molecule has 8 heteroatoms. The van der Waals surface area contributed by atoms with Crippen LogP contribution in [0.5, 0.6) is 0 Å². The molecule has 29 heavy (non-hydrogen) atoms. The average molecular weight is 431 g/mol. The summed E-state index contributed by atoms with van der Waals surface area (Å²) in [4.78, 5) is 13.3. The van der Waals surface area contributed by atoms with E-state index < -0.39 is 0 Å². The minimum absolute atomic E-state index is 0.252. The van der Waals surface area contributed by atoms with Crippen LogP contribution in [-0.2, 0) is 6.54 Å². The van der Waals surface area contributed by atoms with E-state index in [-0.39, 0.29) is 6.04 Å². The number of nitrogens with one attached hydrogen (secondary N) is 2. The largest absolute Gasteiger partial charge is 0.366 e. The first kappa shape index (κ1) is 21.6. The van der Waals surface area contributed by atoms with Crippen LogP contribution in [0, 0.1) is 5.92 Å². The molecule has 154 valence electrons. The summed E-state index contributed by atoms with van der Waals surface area (Å²) in [6.07, 6.45) is 8.39. The second kappa shape index (κ2) is 10.6. The molecule has 0 amide bonds. The van der Waals surface area contributed by atoms with Gasteiger partial charge in [0.15, 0.2) is 5.16 Å². The Labute approximate surface area is 181 Å². The number of halogens is 1. The Bertz CT molecular complexity index is 883. The molecule has 0 unspecified atom stereocenters. The molecule has 0 saturated carbocycles. The third-order valence-corrected chi connectivity index (χ3v) is 5.18. The van der Waals surface area contributed by atoms with Gasteiger partial charge in [0.1, 0.15) is 18.0 Å². The lowest BCUT2D eigenvalue weighted by Gasteiger charge is -2.22. The predicted molar refractivity (Wildman–Crippen MR) is 121 cm³/mol. The number of hydrogen-bond donors (Lipinski definition) is 2. The lowest BCUT2D eigenvalue weighted by molar-refractivity contribution is 0.486. The van der Waals surface area contributed by atoms with Gasteiger partial charge in [-0.05, 0) is 36.3 Å². The van der Waals surface area contributed by atoms with E-state index in [2.05, 4.69) is 39.4 Å². The number of nitrogens with zero attached hydrogens (tertiary/aromatic N) is 4. The maximum Gasteiger partial charge on any atom is 0.191 e. The van der Waals surface area contributed by atoms with E-state index in [0.717, 1.165) is 41.3 Å². The summed E-state index contributed by atoms with van der Waals surface area (Å²) < 4.78 is 1.89. The van der Waals surface area contributed by atoms with Crippen LogP contribution < -0.4 is 10.6 Å². The van der Waals surface area contributed by atoms with Gasteiger partial charge < -0.3 is 10.6 Å². The topological polar surface area (TPSA) is 67.7 Å². The Morgan fingerprint density at radius 3 is 2.62 bits per heavy atom. The van der Waals surface area contributed by atoms with Crippen LogP contribution in [0.3, 0.4) is 0 Å². The van der Waals surface area contributed by atoms with Crippen molar-refractivity contribution in [1.82, 2.24) is 24.8 Å². The smallest absolute Gasteiger partial charge is 0.191 e. The van der Waals surface area contributed by atoms with Gasteiger partial charge in [-0.15, -0.1) is 0 Å². The Kier molecular flexibility index (Phi) is 7.91. The highest BCUT2D eigenvalue weighted by atomic mass is 35.5. The zero-order valence-corrected chi connectivity index (χ0v) is 18.5. The predicted octanol–water partition coefficient (Wildman–Crippen LogP) is 4.65. The molecule has 0 bridgehead atoms. The van der Waals surface area contributed by atoms with Gasteiger partial charge >= 0.3 is 0 Å². The summed E-state index contributed by atoms with van der Waals surface area (Å²) >= 11 is 7.50. The van der Waals surface area contributed by atoms with Crippen LogP contribution in [0.15, 0.2) is 54.2 Å². The number of anilines is 1. The summed E-state index contributed by atoms with van der Waals surface area (Å²) in [5.74, 6) is 2.20. The fourth-order valence-electron chi connectivity index (χ4n) is 3.07. The lowest BCUT2D eigenvalue weighted by atomic mass is 10.0. The van der Waals surface area contributed by atoms with Crippen molar-refractivity contribution >= 4 is 29.2 Å². The number of aromatic nitrogens is 4. The first-order chi connectivity index (χ1) is 14.0. The molecule has 0 aliphatic rings. The summed E-state index contributed by atoms with van der Waals surface area (Å²) in [7, 11) is 0. The highest BCUT2D eigenvalue weighted by molar-refractivity contribution is 7.98. The van der Waals surface area contributed by atoms with Crippen LogP contribution in [0.1, 0.15) is 25.8 Å². The van der Waals surface area contributed by atoms with Crippen LogP contribution >= 0.6 is 23.4 Å². The van der Waals surface area contributed by atoms with Crippen LogP contribution in [0.4, 0.5) is 5.82 Å². The number of benzene rings is 1. The molecule has 0 fully saturated rings. The van der Waals surface area contributed by atoms with Gasteiger partial charge in [-0.1, -0.05) is 49.3 Å². The van der Waals surface area contributed by atoms with Gasteiger partial charge in [0, 0.05) is 42.6 Å². The minimum Gasteiger partial charge on any atom is -0.366 e. The molecule has 0 spiro atoms. The van der Waals surface area contributed by atoms with Crippen molar-refractivity contribution in [2.24, 2.45) is 5.92 Å². The van der Waals surface area contributed by atoms with Crippen molar-refractivity contribution < 1.29 is 0 Å². The summed E-state index contributed by atoms with van der Waals surface area (Å²) in [5, 5.41) is 8.64. The molecule has 3 rings (SSSR count). The quantitative estimate of drug-likeness (QED) is 0.360. The highest BCUT2D eigenvalue weighted by Crippen LogP contribution is 2.19. The van der Waals surface area contributed by atoms with Crippen molar-refractivity contribution in [3.8, 4) is 5.82 Å². The Morgan fingerprint density at radius 2 is 1.97 bits per heavy atom. The Morgan fingerprint density at radius 1 is 1.17 bits per heavy atom. The zero-order chi connectivity index (χ0) is 20.6. The lowest BCUT2D eigenvalue weighted by Crippen LogP contribution is -2.34. The normalized spacial score (nSPS) is 12.3. The van der Waals surface area contributed by atoms with E-state index in [9.17, 15) is 0 Å². The van der Waals surface area contributed by atoms with E-state index in [1.54, 1.807) is 12.5 Å². The van der Waals surface area contributed by atoms with E-state index >= 15 is 0 Å². The van der Waals surface area contributed by atoms with E-state index in [4.69, 9.17) is 11.6 Å². The number of thioether (sulfide) groups is 1. The van der Waals surface area contributed by atoms with Gasteiger partial charge in [-0.25, -0.2) is 15.0 Å². The third-order valence-electron chi connectivity index (χ3n) is 4.38. The molecule has 0 aliphatic heterocycles. The molecule has 0 saturated heterocycles. The summed E-state index contributed by atoms with van der Waals surface area (Å²) in [6, 6.07) is 10.2. The molecular weight excluding hydrogens is 404 g/mol. The number of imidazole rings is 1. The van der Waals surface area contributed by atoms with Crippen LogP contribution in [-0.4, -0.2) is 38.4 Å². The molecule has 1 atom stereocenters. The van der Waals surface area contributed by atoms with Crippen molar-refractivity contribution in [1.29, 1.82) is 0 Å². The molecular formula is C21H27ClN6S. The van der Waals surface area contributed by atoms with E-state index in [1.807, 2.05) is 47.4 Å². The van der Waals surface area contributed by atoms with Crippen molar-refractivity contribution in [3.63, 3.8) is 0 Å². The fourth-order valence-corrected chi connectivity index (χ4v) is 3.57. The molecule has 0 aliphatic carbocycles. The molecule has 3 aromatic rings. The zero-order valence-electron chi connectivity index (χ0n) is 17.0. The Balaban J connectivity index is 1.68. The van der Waals surface area contributed by atoms with Crippen LogP contribution in [0.2, 0.25) is 5.02 Å². The molecule has 2 heterocycles. The maximum atomic E-state index is 5.97. The Hall–Kier alpha value is -2.09. The monoisotopic (exact) mass is 430 g/mol. The first-order valence-corrected chi connectivity index (χ1v) is 11.3. The average Bonchev–Trinajstić information content (AvgIpc) is 3.23. The van der Waals surface area contributed by atoms with Gasteiger partial charge in [0.25, 0.3) is 0 Å². The van der Waals surface area contributed by atoms with Crippen LogP contribution in [0.25, 0.3) is 5.82 Å². The van der Waals surface area contributed by atoms with Gasteiger partial charge in [-0.3, -0.25) is 4.57 Å². The SMILES string of the molecule is CSc1nc(N[C@@H](CNCc2ccc(Cl)cc2)CC(C)C)cc(-n2ccnc2)n1. The molecule has 2 N–H and O–H groups in total. The number of rotatable bonds is 10. The molecule has 0 radical (unpaired) electrons. The highest BCUT2D eigenvalue weighted by Gasteiger charge is 2.14. The molecule has 6 nitrogen and oxygen atoms in total. The molecule has 1 aromatic carbocycles. The second-order valence-electron chi connectivity index (χ2n) is 7.30. The van der Waals surface area contributed by atoms with E-state index in [1.165, 1.54) is 17.3 Å². The first-order valence-electron chi connectivity index (χ1n) is 9.66.